The lowest BCUT2D eigenvalue weighted by molar-refractivity contribution is 0.0585. The van der Waals surface area contributed by atoms with Crippen LogP contribution in [0.25, 0.3) is 0 Å². The number of nitrogens with two attached hydrogens (primary N) is 1. The number of guanidine groups is 1. The Balaban J connectivity index is 1.91. The molecule has 0 spiro atoms. The van der Waals surface area contributed by atoms with E-state index in [9.17, 15) is 5.11 Å². The van der Waals surface area contributed by atoms with Gasteiger partial charge in [0.05, 0.1) is 12.1 Å². The minimum atomic E-state index is -0.167. The zero-order chi connectivity index (χ0) is 10.1. The lowest BCUT2D eigenvalue weighted by Crippen LogP contribution is -2.48. The highest BCUT2D eigenvalue weighted by atomic mass is 16.3. The highest BCUT2D eigenvalue weighted by Crippen LogP contribution is 2.24. The zero-order valence-corrected chi connectivity index (χ0v) is 8.69. The average molecular weight is 197 g/mol. The maximum Gasteiger partial charge on any atom is 0.191 e. The number of hydrogen-bond donors (Lipinski definition) is 2. The topological polar surface area (TPSA) is 61.8 Å². The normalized spacial score (nSPS) is 34.7. The van der Waals surface area contributed by atoms with Gasteiger partial charge in [0.2, 0.25) is 0 Å². The SMILES string of the molecule is CC1CN(C(N)=NC2CC2)CCC1O. The fourth-order valence-corrected chi connectivity index (χ4v) is 1.81. The molecule has 2 unspecified atom stereocenters. The third-order valence-electron chi connectivity index (χ3n) is 3.05. The first-order valence-electron chi connectivity index (χ1n) is 5.43. The Morgan fingerprint density at radius 3 is 2.71 bits per heavy atom. The van der Waals surface area contributed by atoms with Crippen molar-refractivity contribution in [2.45, 2.75) is 38.3 Å². The van der Waals surface area contributed by atoms with Gasteiger partial charge in [-0.2, -0.15) is 0 Å². The molecular formula is C10H19N3O. The Bertz CT molecular complexity index is 238. The summed E-state index contributed by atoms with van der Waals surface area (Å²) in [6, 6.07) is 0.483. The van der Waals surface area contributed by atoms with Crippen LogP contribution in [0.3, 0.4) is 0 Å². The fraction of sp³-hybridized carbons (Fsp3) is 0.900. The van der Waals surface area contributed by atoms with Crippen LogP contribution in [0.5, 0.6) is 0 Å². The Morgan fingerprint density at radius 1 is 1.43 bits per heavy atom. The Morgan fingerprint density at radius 2 is 2.14 bits per heavy atom. The van der Waals surface area contributed by atoms with E-state index in [0.717, 1.165) is 19.5 Å². The molecule has 2 aliphatic rings. The number of rotatable bonds is 1. The minimum Gasteiger partial charge on any atom is -0.393 e. The zero-order valence-electron chi connectivity index (χ0n) is 8.69. The average Bonchev–Trinajstić information content (AvgIpc) is 2.93. The molecule has 0 aromatic carbocycles. The summed E-state index contributed by atoms with van der Waals surface area (Å²) in [5, 5.41) is 9.56. The first kappa shape index (κ1) is 9.77. The molecule has 14 heavy (non-hydrogen) atoms. The van der Waals surface area contributed by atoms with Gasteiger partial charge in [0, 0.05) is 13.1 Å². The van der Waals surface area contributed by atoms with Gasteiger partial charge in [0.25, 0.3) is 0 Å². The van der Waals surface area contributed by atoms with Crippen molar-refractivity contribution in [1.82, 2.24) is 4.90 Å². The number of aliphatic imine (C=N–C) groups is 1. The quantitative estimate of drug-likeness (QED) is 0.465. The maximum absolute atomic E-state index is 9.56. The molecule has 0 amide bonds. The van der Waals surface area contributed by atoms with Crippen molar-refractivity contribution >= 4 is 5.96 Å². The van der Waals surface area contributed by atoms with E-state index in [1.165, 1.54) is 12.8 Å². The lowest BCUT2D eigenvalue weighted by atomic mass is 9.97. The van der Waals surface area contributed by atoms with E-state index in [1.54, 1.807) is 0 Å². The summed E-state index contributed by atoms with van der Waals surface area (Å²) in [5.41, 5.74) is 5.89. The molecule has 2 atom stereocenters. The molecule has 80 valence electrons. The molecule has 0 radical (unpaired) electrons. The van der Waals surface area contributed by atoms with E-state index in [-0.39, 0.29) is 6.10 Å². The van der Waals surface area contributed by atoms with E-state index in [2.05, 4.69) is 16.8 Å². The molecule has 0 aromatic rings. The van der Waals surface area contributed by atoms with Crippen LogP contribution in [0.2, 0.25) is 0 Å². The van der Waals surface area contributed by atoms with Crippen molar-refractivity contribution < 1.29 is 5.11 Å². The summed E-state index contributed by atoms with van der Waals surface area (Å²) < 4.78 is 0. The molecular weight excluding hydrogens is 178 g/mol. The van der Waals surface area contributed by atoms with Crippen molar-refractivity contribution in [3.8, 4) is 0 Å². The van der Waals surface area contributed by atoms with Crippen molar-refractivity contribution in [3.05, 3.63) is 0 Å². The summed E-state index contributed by atoms with van der Waals surface area (Å²) in [4.78, 5) is 6.50. The molecule has 0 aromatic heterocycles. The number of aliphatic hydroxyl groups excluding tert-OH is 1. The largest absolute Gasteiger partial charge is 0.393 e. The minimum absolute atomic E-state index is 0.167. The molecule has 0 bridgehead atoms. The highest BCUT2D eigenvalue weighted by molar-refractivity contribution is 5.78. The van der Waals surface area contributed by atoms with Gasteiger partial charge in [-0.05, 0) is 25.2 Å². The molecule has 1 heterocycles. The molecule has 3 N–H and O–H groups in total. The van der Waals surface area contributed by atoms with Crippen LogP contribution >= 0.6 is 0 Å². The van der Waals surface area contributed by atoms with Crippen molar-refractivity contribution in [3.63, 3.8) is 0 Å². The van der Waals surface area contributed by atoms with Crippen molar-refractivity contribution in [1.29, 1.82) is 0 Å². The smallest absolute Gasteiger partial charge is 0.191 e. The fourth-order valence-electron chi connectivity index (χ4n) is 1.81. The molecule has 1 aliphatic heterocycles. The summed E-state index contributed by atoms with van der Waals surface area (Å²) in [7, 11) is 0. The van der Waals surface area contributed by atoms with E-state index in [4.69, 9.17) is 5.73 Å². The number of hydrogen-bond acceptors (Lipinski definition) is 2. The standard InChI is InChI=1S/C10H19N3O/c1-7-6-13(5-4-9(7)14)10(11)12-8-2-3-8/h7-9,14H,2-6H2,1H3,(H2,11,12). The molecule has 2 rings (SSSR count). The number of piperidine rings is 1. The van der Waals surface area contributed by atoms with Gasteiger partial charge in [0.1, 0.15) is 0 Å². The highest BCUT2D eigenvalue weighted by Gasteiger charge is 2.27. The molecule has 2 fully saturated rings. The predicted octanol–water partition coefficient (Wildman–Crippen LogP) is 0.166. The Hall–Kier alpha value is -0.770. The van der Waals surface area contributed by atoms with Crippen LogP contribution in [0.15, 0.2) is 4.99 Å². The molecule has 1 saturated carbocycles. The maximum atomic E-state index is 9.56. The van der Waals surface area contributed by atoms with E-state index in [0.29, 0.717) is 17.9 Å². The van der Waals surface area contributed by atoms with E-state index >= 15 is 0 Å². The first-order valence-corrected chi connectivity index (χ1v) is 5.43. The summed E-state index contributed by atoms with van der Waals surface area (Å²) in [5.74, 6) is 0.975. The summed E-state index contributed by atoms with van der Waals surface area (Å²) >= 11 is 0. The Labute approximate surface area is 84.8 Å². The van der Waals surface area contributed by atoms with Crippen LogP contribution < -0.4 is 5.73 Å². The van der Waals surface area contributed by atoms with Gasteiger partial charge in [-0.15, -0.1) is 0 Å². The van der Waals surface area contributed by atoms with Crippen molar-refractivity contribution in [2.24, 2.45) is 16.6 Å². The van der Waals surface area contributed by atoms with E-state index in [1.807, 2.05) is 0 Å². The van der Waals surface area contributed by atoms with Gasteiger partial charge in [0.15, 0.2) is 5.96 Å². The first-order chi connectivity index (χ1) is 6.66. The number of nitrogens with zero attached hydrogens (tertiary/aromatic N) is 2. The van der Waals surface area contributed by atoms with Crippen molar-refractivity contribution in [2.75, 3.05) is 13.1 Å². The predicted molar refractivity (Wildman–Crippen MR) is 56.0 cm³/mol. The van der Waals surface area contributed by atoms with Gasteiger partial charge in [-0.1, -0.05) is 6.92 Å². The lowest BCUT2D eigenvalue weighted by Gasteiger charge is -2.35. The third-order valence-corrected chi connectivity index (χ3v) is 3.05. The van der Waals surface area contributed by atoms with Crippen LogP contribution in [0, 0.1) is 5.92 Å². The molecule has 1 aliphatic carbocycles. The number of aliphatic hydroxyl groups is 1. The molecule has 4 heteroatoms. The second-order valence-electron chi connectivity index (χ2n) is 4.50. The summed E-state index contributed by atoms with van der Waals surface area (Å²) in [6.07, 6.45) is 3.02. The second-order valence-corrected chi connectivity index (χ2v) is 4.50. The van der Waals surface area contributed by atoms with Crippen LogP contribution in [0.1, 0.15) is 26.2 Å². The van der Waals surface area contributed by atoms with Gasteiger partial charge in [-0.25, -0.2) is 4.99 Å². The monoisotopic (exact) mass is 197 g/mol. The second kappa shape index (κ2) is 3.77. The molecule has 1 saturated heterocycles. The number of likely N-dealkylation sites (tertiary alicyclic amines) is 1. The van der Waals surface area contributed by atoms with Gasteiger partial charge >= 0.3 is 0 Å². The van der Waals surface area contributed by atoms with E-state index < -0.39 is 0 Å². The van der Waals surface area contributed by atoms with Crippen LogP contribution in [-0.2, 0) is 0 Å². The van der Waals surface area contributed by atoms with Gasteiger partial charge in [-0.3, -0.25) is 0 Å². The van der Waals surface area contributed by atoms with Crippen LogP contribution in [-0.4, -0.2) is 41.2 Å². The Kier molecular flexibility index (Phi) is 2.63. The molecule has 4 nitrogen and oxygen atoms in total. The van der Waals surface area contributed by atoms with Gasteiger partial charge < -0.3 is 15.7 Å². The third kappa shape index (κ3) is 2.18. The summed E-state index contributed by atoms with van der Waals surface area (Å²) in [6.45, 7) is 3.73. The van der Waals surface area contributed by atoms with Crippen LogP contribution in [0.4, 0.5) is 0 Å².